The first-order valence-corrected chi connectivity index (χ1v) is 10.8. The van der Waals surface area contributed by atoms with E-state index in [0.717, 1.165) is 33.4 Å². The molecular formula is C30H28O4. The Kier molecular flexibility index (Phi) is 8.14. The van der Waals surface area contributed by atoms with Crippen LogP contribution in [0.2, 0.25) is 0 Å². The van der Waals surface area contributed by atoms with Crippen molar-refractivity contribution in [1.29, 1.82) is 0 Å². The first kappa shape index (κ1) is 24.2. The van der Waals surface area contributed by atoms with E-state index in [4.69, 9.17) is 0 Å². The van der Waals surface area contributed by atoms with Gasteiger partial charge in [-0.15, -0.1) is 0 Å². The molecule has 0 saturated heterocycles. The van der Waals surface area contributed by atoms with E-state index in [2.05, 4.69) is 0 Å². The Morgan fingerprint density at radius 1 is 0.412 bits per heavy atom. The van der Waals surface area contributed by atoms with Crippen LogP contribution in [0.5, 0.6) is 23.0 Å². The normalized spacial score (nSPS) is 11.5. The molecule has 0 aliphatic rings. The standard InChI is InChI=1S/2C15H14O2/c2*1-11(13-4-8-15(17)9-5-13)10-12-2-6-14(16)7-3-12/h2*2-10,16-17H,1H3. The zero-order valence-electron chi connectivity index (χ0n) is 19.2. The van der Waals surface area contributed by atoms with Gasteiger partial charge in [0.2, 0.25) is 0 Å². The highest BCUT2D eigenvalue weighted by Gasteiger charge is 1.98. The number of hydrogen-bond acceptors (Lipinski definition) is 4. The Bertz CT molecular complexity index is 1150. The van der Waals surface area contributed by atoms with Crippen molar-refractivity contribution in [3.63, 3.8) is 0 Å². The van der Waals surface area contributed by atoms with E-state index in [1.54, 1.807) is 48.5 Å². The maximum Gasteiger partial charge on any atom is 0.115 e. The van der Waals surface area contributed by atoms with Crippen molar-refractivity contribution in [3.8, 4) is 23.0 Å². The molecule has 4 rings (SSSR count). The minimum atomic E-state index is 0.268. The van der Waals surface area contributed by atoms with Gasteiger partial charge >= 0.3 is 0 Å². The van der Waals surface area contributed by atoms with Crippen LogP contribution in [0.3, 0.4) is 0 Å². The maximum atomic E-state index is 9.21. The molecule has 0 fully saturated rings. The van der Waals surface area contributed by atoms with Gasteiger partial charge in [-0.2, -0.15) is 0 Å². The first-order chi connectivity index (χ1) is 16.3. The number of hydrogen-bond donors (Lipinski definition) is 4. The molecule has 4 aromatic carbocycles. The van der Waals surface area contributed by atoms with E-state index in [9.17, 15) is 20.4 Å². The highest BCUT2D eigenvalue weighted by Crippen LogP contribution is 2.22. The average Bonchev–Trinajstić information content (AvgIpc) is 2.83. The van der Waals surface area contributed by atoms with Crippen molar-refractivity contribution >= 4 is 23.3 Å². The van der Waals surface area contributed by atoms with Crippen molar-refractivity contribution < 1.29 is 20.4 Å². The van der Waals surface area contributed by atoms with E-state index in [0.29, 0.717) is 0 Å². The predicted molar refractivity (Wildman–Crippen MR) is 140 cm³/mol. The van der Waals surface area contributed by atoms with Crippen molar-refractivity contribution in [2.24, 2.45) is 0 Å². The summed E-state index contributed by atoms with van der Waals surface area (Å²) in [4.78, 5) is 0. The topological polar surface area (TPSA) is 80.9 Å². The Labute approximate surface area is 200 Å². The molecular weight excluding hydrogens is 424 g/mol. The van der Waals surface area contributed by atoms with Crippen LogP contribution in [-0.4, -0.2) is 20.4 Å². The third kappa shape index (κ3) is 7.31. The van der Waals surface area contributed by atoms with Crippen molar-refractivity contribution in [2.75, 3.05) is 0 Å². The molecule has 0 aromatic heterocycles. The molecule has 0 radical (unpaired) electrons. The van der Waals surface area contributed by atoms with E-state index in [-0.39, 0.29) is 23.0 Å². The molecule has 4 aromatic rings. The molecule has 4 heteroatoms. The van der Waals surface area contributed by atoms with Crippen LogP contribution in [-0.2, 0) is 0 Å². The lowest BCUT2D eigenvalue weighted by atomic mass is 10.0. The molecule has 0 heterocycles. The summed E-state index contributed by atoms with van der Waals surface area (Å²) in [5, 5.41) is 36.8. The monoisotopic (exact) mass is 452 g/mol. The molecule has 4 nitrogen and oxygen atoms in total. The van der Waals surface area contributed by atoms with Crippen molar-refractivity contribution in [2.45, 2.75) is 13.8 Å². The Morgan fingerprint density at radius 3 is 0.912 bits per heavy atom. The van der Waals surface area contributed by atoms with Gasteiger partial charge in [0.1, 0.15) is 23.0 Å². The number of phenols is 4. The smallest absolute Gasteiger partial charge is 0.115 e. The summed E-state index contributed by atoms with van der Waals surface area (Å²) in [5.41, 5.74) is 6.42. The van der Waals surface area contributed by atoms with Gasteiger partial charge in [-0.3, -0.25) is 0 Å². The number of rotatable bonds is 4. The Balaban J connectivity index is 0.000000191. The first-order valence-electron chi connectivity index (χ1n) is 10.8. The Morgan fingerprint density at radius 2 is 0.647 bits per heavy atom. The van der Waals surface area contributed by atoms with Crippen LogP contribution in [0.1, 0.15) is 36.1 Å². The van der Waals surface area contributed by atoms with E-state index < -0.39 is 0 Å². The maximum absolute atomic E-state index is 9.21. The molecule has 0 aliphatic carbocycles. The number of allylic oxidation sites excluding steroid dienone is 2. The predicted octanol–water partition coefficient (Wildman–Crippen LogP) is 7.32. The molecule has 172 valence electrons. The van der Waals surface area contributed by atoms with Gasteiger partial charge in [0, 0.05) is 0 Å². The zero-order chi connectivity index (χ0) is 24.5. The molecule has 0 amide bonds. The van der Waals surface area contributed by atoms with Crippen LogP contribution in [0.25, 0.3) is 23.3 Å². The third-order valence-corrected chi connectivity index (χ3v) is 5.20. The minimum absolute atomic E-state index is 0.268. The molecule has 0 unspecified atom stereocenters. The van der Waals surface area contributed by atoms with E-state index >= 15 is 0 Å². The van der Waals surface area contributed by atoms with Crippen molar-refractivity contribution in [3.05, 3.63) is 119 Å². The van der Waals surface area contributed by atoms with Gasteiger partial charge in [-0.05, 0) is 95.8 Å². The summed E-state index contributed by atoms with van der Waals surface area (Å²) in [6.45, 7) is 4.03. The summed E-state index contributed by atoms with van der Waals surface area (Å²) in [6, 6.07) is 28.3. The quantitative estimate of drug-likeness (QED) is 0.245. The lowest BCUT2D eigenvalue weighted by Gasteiger charge is -2.02. The average molecular weight is 453 g/mol. The van der Waals surface area contributed by atoms with Crippen LogP contribution >= 0.6 is 0 Å². The third-order valence-electron chi connectivity index (χ3n) is 5.20. The molecule has 0 bridgehead atoms. The largest absolute Gasteiger partial charge is 0.508 e. The summed E-state index contributed by atoms with van der Waals surface area (Å²) in [6.07, 6.45) is 4.07. The summed E-state index contributed by atoms with van der Waals surface area (Å²) in [7, 11) is 0. The van der Waals surface area contributed by atoms with E-state index in [1.807, 2.05) is 74.5 Å². The van der Waals surface area contributed by atoms with Crippen molar-refractivity contribution in [1.82, 2.24) is 0 Å². The molecule has 4 N–H and O–H groups in total. The van der Waals surface area contributed by atoms with Crippen LogP contribution < -0.4 is 0 Å². The fourth-order valence-corrected chi connectivity index (χ4v) is 3.26. The second-order valence-electron chi connectivity index (χ2n) is 7.93. The van der Waals surface area contributed by atoms with E-state index in [1.165, 1.54) is 0 Å². The van der Waals surface area contributed by atoms with Gasteiger partial charge in [0.25, 0.3) is 0 Å². The van der Waals surface area contributed by atoms with Crippen LogP contribution in [0, 0.1) is 0 Å². The Hall–Kier alpha value is -4.44. The fraction of sp³-hybridized carbons (Fsp3) is 0.0667. The molecule has 0 spiro atoms. The summed E-state index contributed by atoms with van der Waals surface area (Å²) in [5.74, 6) is 1.08. The number of aromatic hydroxyl groups is 4. The summed E-state index contributed by atoms with van der Waals surface area (Å²) < 4.78 is 0. The van der Waals surface area contributed by atoms with Gasteiger partial charge < -0.3 is 20.4 Å². The molecule has 0 aliphatic heterocycles. The lowest BCUT2D eigenvalue weighted by Crippen LogP contribution is -1.79. The van der Waals surface area contributed by atoms with Gasteiger partial charge in [-0.25, -0.2) is 0 Å². The van der Waals surface area contributed by atoms with Crippen LogP contribution in [0.15, 0.2) is 97.1 Å². The molecule has 0 saturated carbocycles. The van der Waals surface area contributed by atoms with Gasteiger partial charge in [0.15, 0.2) is 0 Å². The second-order valence-corrected chi connectivity index (χ2v) is 7.93. The number of phenolic OH excluding ortho intramolecular Hbond substituents is 4. The highest BCUT2D eigenvalue weighted by molar-refractivity contribution is 5.81. The molecule has 34 heavy (non-hydrogen) atoms. The minimum Gasteiger partial charge on any atom is -0.508 e. The highest BCUT2D eigenvalue weighted by atomic mass is 16.3. The summed E-state index contributed by atoms with van der Waals surface area (Å²) >= 11 is 0. The number of benzene rings is 4. The van der Waals surface area contributed by atoms with Crippen LogP contribution in [0.4, 0.5) is 0 Å². The molecule has 0 atom stereocenters. The lowest BCUT2D eigenvalue weighted by molar-refractivity contribution is 0.474. The van der Waals surface area contributed by atoms with Gasteiger partial charge in [0.05, 0.1) is 0 Å². The second kappa shape index (κ2) is 11.4. The zero-order valence-corrected chi connectivity index (χ0v) is 19.2. The SMILES string of the molecule is CC(=Cc1ccc(O)cc1)c1ccc(O)cc1.CC(=Cc1ccc(O)cc1)c1ccc(O)cc1. The van der Waals surface area contributed by atoms with Gasteiger partial charge in [-0.1, -0.05) is 60.7 Å². The fourth-order valence-electron chi connectivity index (χ4n) is 3.26.